The first kappa shape index (κ1) is 11.6. The van der Waals surface area contributed by atoms with Crippen LogP contribution < -0.4 is 0 Å². The summed E-state index contributed by atoms with van der Waals surface area (Å²) >= 11 is 1.10. The molecule has 0 heterocycles. The summed E-state index contributed by atoms with van der Waals surface area (Å²) in [5.41, 5.74) is 0. The molecule has 0 bridgehead atoms. The maximum atomic E-state index is 9.25. The Balaban J connectivity index is 0. The summed E-state index contributed by atoms with van der Waals surface area (Å²) in [6, 6.07) is 0. The van der Waals surface area contributed by atoms with Gasteiger partial charge in [-0.25, -0.2) is 4.79 Å². The Morgan fingerprint density at radius 2 is 2.12 bits per heavy atom. The fourth-order valence-electron chi connectivity index (χ4n) is 0. The van der Waals surface area contributed by atoms with Crippen molar-refractivity contribution in [2.24, 2.45) is 0 Å². The van der Waals surface area contributed by atoms with Crippen molar-refractivity contribution in [1.82, 2.24) is 0 Å². The van der Waals surface area contributed by atoms with Gasteiger partial charge in [-0.1, -0.05) is 6.58 Å². The standard InChI is InChI=1S/C3H4O2.C2H5.K/c1-2-3(4)5;1-2;/h2H,1H2,(H,4,5);1H2,2H3;. The van der Waals surface area contributed by atoms with E-state index in [1.807, 2.05) is 0 Å². The molecule has 0 atom stereocenters. The topological polar surface area (TPSA) is 37.3 Å². The van der Waals surface area contributed by atoms with Crippen LogP contribution in [0, 0.1) is 0 Å². The molecule has 0 aromatic carbocycles. The molecular weight excluding hydrogens is 131 g/mol. The van der Waals surface area contributed by atoms with Crippen LogP contribution in [-0.4, -0.2) is 60.0 Å². The van der Waals surface area contributed by atoms with Gasteiger partial charge in [0.2, 0.25) is 0 Å². The van der Waals surface area contributed by atoms with Crippen molar-refractivity contribution in [2.75, 3.05) is 0 Å². The Labute approximate surface area is 83.6 Å². The molecule has 0 saturated carbocycles. The molecule has 0 rings (SSSR count). The molecule has 0 aromatic heterocycles. The molecule has 0 aromatic rings. The molecule has 0 radical (unpaired) electrons. The van der Waals surface area contributed by atoms with Crippen LogP contribution in [0.1, 0.15) is 6.92 Å². The summed E-state index contributed by atoms with van der Waals surface area (Å²) in [7, 11) is 0. The summed E-state index contributed by atoms with van der Waals surface area (Å²) in [6.07, 6.45) is 0.833. The van der Waals surface area contributed by atoms with E-state index in [1.165, 1.54) is 0.515 Å². The number of aliphatic carboxylic acids is 1. The molecule has 0 unspecified atom stereocenters. The van der Waals surface area contributed by atoms with Crippen LogP contribution in [0.3, 0.4) is 0 Å². The fraction of sp³-hybridized carbons (Fsp3) is 0.400. The molecule has 0 saturated heterocycles. The van der Waals surface area contributed by atoms with Gasteiger partial charge in [0.25, 0.3) is 0 Å². The first-order valence-electron chi connectivity index (χ1n) is 2.54. The second-order valence-electron chi connectivity index (χ2n) is 1.25. The summed E-state index contributed by atoms with van der Waals surface area (Å²) < 4.78 is 1.44. The van der Waals surface area contributed by atoms with Crippen molar-refractivity contribution < 1.29 is 9.90 Å². The van der Waals surface area contributed by atoms with Gasteiger partial charge in [0.15, 0.2) is 0 Å². The van der Waals surface area contributed by atoms with Crippen LogP contribution in [0.5, 0.6) is 0 Å². The fourth-order valence-corrected chi connectivity index (χ4v) is 0. The van der Waals surface area contributed by atoms with Crippen molar-refractivity contribution >= 4 is 54.9 Å². The predicted octanol–water partition coefficient (Wildman–Crippen LogP) is 0.850. The average Bonchev–Trinajstić information content (AvgIpc) is 1.69. The third-order valence-corrected chi connectivity index (χ3v) is 0.175. The zero-order valence-electron chi connectivity index (χ0n) is 5.35. The minimum atomic E-state index is -0.981. The van der Waals surface area contributed by atoms with Gasteiger partial charge in [-0.2, -0.15) is 0 Å². The van der Waals surface area contributed by atoms with Crippen LogP contribution in [-0.2, 0) is 4.79 Å². The SMILES string of the molecule is C=CC(=O)O.C[CH2][K]. The number of hydrogen-bond acceptors (Lipinski definition) is 1. The van der Waals surface area contributed by atoms with Crippen molar-refractivity contribution in [3.8, 4) is 0 Å². The van der Waals surface area contributed by atoms with E-state index in [4.69, 9.17) is 5.11 Å². The summed E-state index contributed by atoms with van der Waals surface area (Å²) in [5.74, 6) is -0.981. The van der Waals surface area contributed by atoms with Crippen molar-refractivity contribution in [3.63, 3.8) is 0 Å². The maximum absolute atomic E-state index is 9.25. The molecule has 1 N–H and O–H groups in total. The minimum absolute atomic E-state index is 0.833. The van der Waals surface area contributed by atoms with Gasteiger partial charge in [-0.05, 0) is 0 Å². The number of carboxylic acid groups (broad SMARTS) is 1. The van der Waals surface area contributed by atoms with E-state index in [0.29, 0.717) is 0 Å². The van der Waals surface area contributed by atoms with Gasteiger partial charge in [-0.3, -0.25) is 0 Å². The van der Waals surface area contributed by atoms with Crippen molar-refractivity contribution in [1.29, 1.82) is 0 Å². The van der Waals surface area contributed by atoms with E-state index in [0.717, 1.165) is 55.0 Å². The first-order chi connectivity index (χ1) is 3.68. The van der Waals surface area contributed by atoms with E-state index in [1.54, 1.807) is 0 Å². The molecule has 42 valence electrons. The molecule has 3 heteroatoms. The van der Waals surface area contributed by atoms with Crippen molar-refractivity contribution in [3.05, 3.63) is 12.7 Å². The van der Waals surface area contributed by atoms with E-state index in [2.05, 4.69) is 13.5 Å². The van der Waals surface area contributed by atoms with E-state index in [-0.39, 0.29) is 0 Å². The summed E-state index contributed by atoms with van der Waals surface area (Å²) in [4.78, 5) is 9.25. The van der Waals surface area contributed by atoms with Gasteiger partial charge in [0.1, 0.15) is 0 Å². The third-order valence-electron chi connectivity index (χ3n) is 0.175. The Hall–Kier alpha value is 0.846. The van der Waals surface area contributed by atoms with Gasteiger partial charge in [0, 0.05) is 6.08 Å². The van der Waals surface area contributed by atoms with Crippen LogP contribution >= 0.6 is 0 Å². The summed E-state index contributed by atoms with van der Waals surface area (Å²) in [5, 5.41) is 7.60. The Morgan fingerprint density at radius 1 is 2.00 bits per heavy atom. The second kappa shape index (κ2) is 10.8. The number of rotatable bonds is 1. The second-order valence-corrected chi connectivity index (χ2v) is 3.46. The molecule has 8 heavy (non-hydrogen) atoms. The molecular formula is C5H9KO2. The van der Waals surface area contributed by atoms with E-state index >= 15 is 0 Å². The molecule has 0 amide bonds. The third kappa shape index (κ3) is 28.9. The zero-order chi connectivity index (χ0) is 6.99. The molecule has 0 spiro atoms. The first-order valence-corrected chi connectivity index (χ1v) is 4.75. The van der Waals surface area contributed by atoms with Gasteiger partial charge in [0.05, 0.1) is 0 Å². The Bertz CT molecular complexity index is 70.8. The van der Waals surface area contributed by atoms with Crippen LogP contribution in [0.15, 0.2) is 12.7 Å². The molecule has 0 aliphatic rings. The predicted molar refractivity (Wildman–Crippen MR) is 34.1 cm³/mol. The molecule has 2 nitrogen and oxygen atoms in total. The van der Waals surface area contributed by atoms with Crippen LogP contribution in [0.2, 0.25) is 0.515 Å². The quantitative estimate of drug-likeness (QED) is 0.433. The van der Waals surface area contributed by atoms with Crippen molar-refractivity contribution in [2.45, 2.75) is 7.44 Å². The average molecular weight is 140 g/mol. The molecule has 0 aliphatic carbocycles. The van der Waals surface area contributed by atoms with Crippen LogP contribution in [0.25, 0.3) is 0 Å². The van der Waals surface area contributed by atoms with Gasteiger partial charge in [-0.15, -0.1) is 0 Å². The molecule has 0 fully saturated rings. The summed E-state index contributed by atoms with van der Waals surface area (Å²) in [6.45, 7) is 5.17. The number of carboxylic acids is 1. The van der Waals surface area contributed by atoms with Gasteiger partial charge >= 0.3 is 62.4 Å². The number of carbonyl (C=O) groups is 1. The number of hydrogen-bond donors (Lipinski definition) is 1. The van der Waals surface area contributed by atoms with E-state index < -0.39 is 5.97 Å². The monoisotopic (exact) mass is 140 g/mol. The zero-order valence-corrected chi connectivity index (χ0v) is 8.47. The van der Waals surface area contributed by atoms with Gasteiger partial charge < -0.3 is 5.11 Å². The Morgan fingerprint density at radius 3 is 2.12 bits per heavy atom. The van der Waals surface area contributed by atoms with Crippen LogP contribution in [0.4, 0.5) is 0 Å². The molecule has 0 aliphatic heterocycles. The normalized spacial score (nSPS) is 6.38. The Kier molecular flexibility index (Phi) is 15.6. The van der Waals surface area contributed by atoms with E-state index in [9.17, 15) is 4.79 Å².